The minimum Gasteiger partial charge on any atom is -0.348 e. The van der Waals surface area contributed by atoms with E-state index in [1.807, 2.05) is 44.8 Å². The molecule has 4 aliphatic heterocycles. The highest BCUT2D eigenvalue weighted by Crippen LogP contribution is 2.41. The lowest BCUT2D eigenvalue weighted by Gasteiger charge is -2.41. The van der Waals surface area contributed by atoms with E-state index >= 15 is 4.39 Å². The van der Waals surface area contributed by atoms with Gasteiger partial charge in [-0.25, -0.2) is 14.2 Å². The first-order valence-electron chi connectivity index (χ1n) is 14.9. The molecule has 4 aliphatic rings. The number of carbonyl (C=O) groups is 2. The number of likely N-dealkylation sites (tertiary alicyclic amines) is 2. The first kappa shape index (κ1) is 25.5. The summed E-state index contributed by atoms with van der Waals surface area (Å²) < 4.78 is 19.3. The van der Waals surface area contributed by atoms with E-state index in [1.54, 1.807) is 18.3 Å². The second kappa shape index (κ2) is 9.42. The zero-order chi connectivity index (χ0) is 28.6. The maximum Gasteiger partial charge on any atom is 0.320 e. The predicted octanol–water partition coefficient (Wildman–Crippen LogP) is 3.82. The molecule has 1 aromatic carbocycles. The highest BCUT2D eigenvalue weighted by atomic mass is 19.1. The highest BCUT2D eigenvalue weighted by molar-refractivity contribution is 6.31. The molecule has 10 heteroatoms. The van der Waals surface area contributed by atoms with Gasteiger partial charge in [0.15, 0.2) is 0 Å². The summed E-state index contributed by atoms with van der Waals surface area (Å²) >= 11 is 0. The molecule has 216 valence electrons. The summed E-state index contributed by atoms with van der Waals surface area (Å²) in [6.07, 6.45) is 8.95. The Labute approximate surface area is 243 Å². The number of benzene rings is 1. The first-order chi connectivity index (χ1) is 20.4. The SMILES string of the molecule is CN1CCC2(CCN(C(=O)N3CCn4cc(C5=C(c6cnc7ccccn67)C(=O)NC5)c5cc(F)cc(c54)C3)CC2)C1. The molecule has 0 unspecified atom stereocenters. The molecule has 0 bridgehead atoms. The average molecular weight is 568 g/mol. The molecule has 3 aromatic heterocycles. The normalized spacial score (nSPS) is 20.8. The van der Waals surface area contributed by atoms with Gasteiger partial charge in [0.05, 0.1) is 23.0 Å². The summed E-state index contributed by atoms with van der Waals surface area (Å²) in [5, 5.41) is 3.75. The molecule has 1 N–H and O–H groups in total. The largest absolute Gasteiger partial charge is 0.348 e. The van der Waals surface area contributed by atoms with Crippen LogP contribution < -0.4 is 5.32 Å². The van der Waals surface area contributed by atoms with Crippen LogP contribution in [0.4, 0.5) is 9.18 Å². The Morgan fingerprint density at radius 3 is 2.69 bits per heavy atom. The summed E-state index contributed by atoms with van der Waals surface area (Å²) in [5.41, 5.74) is 5.77. The Bertz CT molecular complexity index is 1790. The molecule has 42 heavy (non-hydrogen) atoms. The average Bonchev–Trinajstić information content (AvgIpc) is 3.73. The van der Waals surface area contributed by atoms with Crippen LogP contribution in [0.15, 0.2) is 48.9 Å². The topological polar surface area (TPSA) is 78.1 Å². The van der Waals surface area contributed by atoms with E-state index in [0.29, 0.717) is 42.9 Å². The van der Waals surface area contributed by atoms with Crippen molar-refractivity contribution in [3.05, 3.63) is 71.6 Å². The van der Waals surface area contributed by atoms with Crippen LogP contribution in [0.1, 0.15) is 36.1 Å². The van der Waals surface area contributed by atoms with Crippen molar-refractivity contribution in [2.75, 3.05) is 46.3 Å². The molecule has 3 amide bonds. The van der Waals surface area contributed by atoms with E-state index in [2.05, 4.69) is 26.8 Å². The minimum atomic E-state index is -0.342. The number of pyridine rings is 1. The standard InChI is InChI=1S/C32H34FN7O2/c1-36-9-5-32(20-36)6-10-37(11-7-32)31(42)39-13-12-38-19-25(23-15-22(33)14-21(18-39)29(23)38)24-16-35-30(41)28(24)26-17-34-27-4-2-3-8-40(26)27/h2-4,8,14-15,17,19H,5-7,9-13,16,18,20H2,1H3,(H,35,41). The van der Waals surface area contributed by atoms with Crippen LogP contribution in [-0.4, -0.2) is 86.9 Å². The summed E-state index contributed by atoms with van der Waals surface area (Å²) in [4.78, 5) is 37.6. The molecule has 0 atom stereocenters. The lowest BCUT2D eigenvalue weighted by molar-refractivity contribution is -0.114. The van der Waals surface area contributed by atoms with Gasteiger partial charge in [-0.05, 0) is 73.7 Å². The molecule has 9 nitrogen and oxygen atoms in total. The number of piperidine rings is 1. The van der Waals surface area contributed by atoms with Crippen molar-refractivity contribution in [3.8, 4) is 0 Å². The molecule has 7 heterocycles. The molecule has 2 fully saturated rings. The quantitative estimate of drug-likeness (QED) is 0.400. The summed E-state index contributed by atoms with van der Waals surface area (Å²) in [7, 11) is 2.18. The van der Waals surface area contributed by atoms with Gasteiger partial charge in [0.2, 0.25) is 0 Å². The first-order valence-corrected chi connectivity index (χ1v) is 14.9. The van der Waals surface area contributed by atoms with Crippen molar-refractivity contribution >= 4 is 39.6 Å². The molecular formula is C32H34FN7O2. The second-order valence-corrected chi connectivity index (χ2v) is 12.5. The fourth-order valence-electron chi connectivity index (χ4n) is 7.74. The number of nitrogens with zero attached hydrogens (tertiary/aromatic N) is 6. The lowest BCUT2D eigenvalue weighted by Crippen LogP contribution is -2.49. The fraction of sp³-hybridized carbons (Fsp3) is 0.406. The van der Waals surface area contributed by atoms with Gasteiger partial charge in [-0.1, -0.05) is 6.07 Å². The van der Waals surface area contributed by atoms with Crippen molar-refractivity contribution in [2.24, 2.45) is 5.41 Å². The smallest absolute Gasteiger partial charge is 0.320 e. The molecule has 0 radical (unpaired) electrons. The van der Waals surface area contributed by atoms with E-state index in [1.165, 1.54) is 6.42 Å². The number of halogens is 1. The van der Waals surface area contributed by atoms with E-state index in [0.717, 1.165) is 72.3 Å². The van der Waals surface area contributed by atoms with Gasteiger partial charge < -0.3 is 24.6 Å². The van der Waals surface area contributed by atoms with Crippen molar-refractivity contribution in [1.29, 1.82) is 0 Å². The molecule has 4 aromatic rings. The fourth-order valence-corrected chi connectivity index (χ4v) is 7.74. The Hall–Kier alpha value is -4.18. The summed E-state index contributed by atoms with van der Waals surface area (Å²) in [6, 6.07) is 8.89. The van der Waals surface area contributed by atoms with Gasteiger partial charge in [-0.2, -0.15) is 0 Å². The third-order valence-corrected chi connectivity index (χ3v) is 9.94. The number of urea groups is 1. The molecular weight excluding hydrogens is 533 g/mol. The Morgan fingerprint density at radius 2 is 1.88 bits per heavy atom. The zero-order valence-corrected chi connectivity index (χ0v) is 23.8. The number of aromatic nitrogens is 3. The van der Waals surface area contributed by atoms with Gasteiger partial charge >= 0.3 is 6.03 Å². The predicted molar refractivity (Wildman–Crippen MR) is 158 cm³/mol. The summed E-state index contributed by atoms with van der Waals surface area (Å²) in [6.45, 7) is 5.67. The lowest BCUT2D eigenvalue weighted by atomic mass is 9.78. The molecule has 2 saturated heterocycles. The summed E-state index contributed by atoms with van der Waals surface area (Å²) in [5.74, 6) is -0.505. The number of imidazole rings is 1. The second-order valence-electron chi connectivity index (χ2n) is 12.5. The van der Waals surface area contributed by atoms with Crippen molar-refractivity contribution < 1.29 is 14.0 Å². The van der Waals surface area contributed by atoms with Crippen LogP contribution in [0.5, 0.6) is 0 Å². The van der Waals surface area contributed by atoms with Crippen LogP contribution in [0.25, 0.3) is 27.7 Å². The maximum absolute atomic E-state index is 15.2. The number of hydrogen-bond donors (Lipinski definition) is 1. The Kier molecular flexibility index (Phi) is 5.72. The molecule has 0 saturated carbocycles. The van der Waals surface area contributed by atoms with Crippen molar-refractivity contribution in [3.63, 3.8) is 0 Å². The van der Waals surface area contributed by atoms with Crippen LogP contribution >= 0.6 is 0 Å². The van der Waals surface area contributed by atoms with Crippen LogP contribution in [0.2, 0.25) is 0 Å². The number of hydrogen-bond acceptors (Lipinski definition) is 4. The van der Waals surface area contributed by atoms with Gasteiger partial charge in [0.1, 0.15) is 11.5 Å². The highest BCUT2D eigenvalue weighted by Gasteiger charge is 2.41. The Morgan fingerprint density at radius 1 is 1.05 bits per heavy atom. The van der Waals surface area contributed by atoms with Crippen molar-refractivity contribution in [1.82, 2.24) is 34.0 Å². The van der Waals surface area contributed by atoms with Crippen molar-refractivity contribution in [2.45, 2.75) is 32.4 Å². The number of nitrogens with one attached hydrogen (secondary N) is 1. The van der Waals surface area contributed by atoms with Gasteiger partial charge in [-0.3, -0.25) is 9.20 Å². The third kappa shape index (κ3) is 3.95. The van der Waals surface area contributed by atoms with Crippen LogP contribution in [0.3, 0.4) is 0 Å². The number of rotatable bonds is 2. The molecule has 8 rings (SSSR count). The molecule has 0 aliphatic carbocycles. The van der Waals surface area contributed by atoms with E-state index in [9.17, 15) is 9.59 Å². The van der Waals surface area contributed by atoms with Crippen LogP contribution in [0, 0.1) is 11.2 Å². The third-order valence-electron chi connectivity index (χ3n) is 9.94. The van der Waals surface area contributed by atoms with E-state index in [4.69, 9.17) is 0 Å². The van der Waals surface area contributed by atoms with E-state index < -0.39 is 0 Å². The van der Waals surface area contributed by atoms with Gasteiger partial charge in [0.25, 0.3) is 5.91 Å². The minimum absolute atomic E-state index is 0.0442. The Balaban J connectivity index is 1.13. The van der Waals surface area contributed by atoms with E-state index in [-0.39, 0.29) is 17.8 Å². The van der Waals surface area contributed by atoms with Crippen LogP contribution in [-0.2, 0) is 17.9 Å². The number of fused-ring (bicyclic) bond motifs is 1. The monoisotopic (exact) mass is 567 g/mol. The number of amides is 3. The number of carbonyl (C=O) groups excluding carboxylic acids is 2. The van der Waals surface area contributed by atoms with Gasteiger partial charge in [0, 0.05) is 69.2 Å². The zero-order valence-electron chi connectivity index (χ0n) is 23.8. The van der Waals surface area contributed by atoms with Gasteiger partial charge in [-0.15, -0.1) is 0 Å². The molecule has 1 spiro atoms. The maximum atomic E-state index is 15.2.